The molecule has 3 aromatic rings. The van der Waals surface area contributed by atoms with E-state index in [1.807, 2.05) is 36.4 Å². The fraction of sp³-hybridized carbons (Fsp3) is 0.130. The summed E-state index contributed by atoms with van der Waals surface area (Å²) in [6.07, 6.45) is 0. The second-order valence-electron chi connectivity index (χ2n) is 6.05. The number of amides is 1. The predicted molar refractivity (Wildman–Crippen MR) is 109 cm³/mol. The summed E-state index contributed by atoms with van der Waals surface area (Å²) < 4.78 is 16.4. The van der Waals surface area contributed by atoms with Crippen LogP contribution in [0.25, 0.3) is 0 Å². The molecule has 0 aromatic heterocycles. The van der Waals surface area contributed by atoms with Gasteiger partial charge >= 0.3 is 0 Å². The average Bonchev–Trinajstić information content (AvgIpc) is 2.77. The van der Waals surface area contributed by atoms with E-state index < -0.39 is 0 Å². The SMILES string of the molecule is N#CCOc1ccc(NC(=O)COc2ccc(OCc3ccccc3)cc2)cc1. The largest absolute Gasteiger partial charge is 0.489 e. The zero-order valence-electron chi connectivity index (χ0n) is 15.7. The van der Waals surface area contributed by atoms with E-state index >= 15 is 0 Å². The highest BCUT2D eigenvalue weighted by Crippen LogP contribution is 2.19. The highest BCUT2D eigenvalue weighted by Gasteiger charge is 2.05. The second kappa shape index (κ2) is 10.4. The number of ether oxygens (including phenoxy) is 3. The van der Waals surface area contributed by atoms with Crippen LogP contribution in [0.4, 0.5) is 5.69 Å². The molecule has 29 heavy (non-hydrogen) atoms. The number of hydrogen-bond acceptors (Lipinski definition) is 5. The topological polar surface area (TPSA) is 80.6 Å². The van der Waals surface area contributed by atoms with Crippen LogP contribution in [-0.4, -0.2) is 19.1 Å². The summed E-state index contributed by atoms with van der Waals surface area (Å²) in [6, 6.07) is 25.7. The third kappa shape index (κ3) is 6.60. The molecule has 6 heteroatoms. The Kier molecular flexibility index (Phi) is 7.08. The number of nitrogens with one attached hydrogen (secondary N) is 1. The van der Waals surface area contributed by atoms with Crippen LogP contribution in [0.15, 0.2) is 78.9 Å². The minimum absolute atomic E-state index is 0.0182. The molecular weight excluding hydrogens is 368 g/mol. The van der Waals surface area contributed by atoms with Crippen LogP contribution in [-0.2, 0) is 11.4 Å². The Morgan fingerprint density at radius 1 is 0.793 bits per heavy atom. The monoisotopic (exact) mass is 388 g/mol. The van der Waals surface area contributed by atoms with Gasteiger partial charge in [0, 0.05) is 5.69 Å². The summed E-state index contributed by atoms with van der Waals surface area (Å²) in [5, 5.41) is 11.2. The Balaban J connectivity index is 1.42. The second-order valence-corrected chi connectivity index (χ2v) is 6.05. The maximum Gasteiger partial charge on any atom is 0.262 e. The van der Waals surface area contributed by atoms with Crippen molar-refractivity contribution in [3.63, 3.8) is 0 Å². The van der Waals surface area contributed by atoms with E-state index in [0.29, 0.717) is 23.8 Å². The smallest absolute Gasteiger partial charge is 0.262 e. The van der Waals surface area contributed by atoms with Crippen molar-refractivity contribution in [3.8, 4) is 23.3 Å². The predicted octanol–water partition coefficient (Wildman–Crippen LogP) is 4.19. The number of rotatable bonds is 9. The summed E-state index contributed by atoms with van der Waals surface area (Å²) in [6.45, 7) is 0.357. The molecule has 0 unspecified atom stereocenters. The lowest BCUT2D eigenvalue weighted by molar-refractivity contribution is -0.118. The maximum atomic E-state index is 12.0. The molecule has 0 spiro atoms. The van der Waals surface area contributed by atoms with Gasteiger partial charge in [-0.25, -0.2) is 0 Å². The number of benzene rings is 3. The summed E-state index contributed by atoms with van der Waals surface area (Å²) in [7, 11) is 0. The normalized spacial score (nSPS) is 9.90. The molecular formula is C23H20N2O4. The Labute approximate surface area is 169 Å². The van der Waals surface area contributed by atoms with E-state index in [0.717, 1.165) is 11.3 Å². The summed E-state index contributed by atoms with van der Waals surface area (Å²) in [4.78, 5) is 12.0. The van der Waals surface area contributed by atoms with Gasteiger partial charge in [-0.05, 0) is 54.1 Å². The molecule has 3 aromatic carbocycles. The summed E-state index contributed by atoms with van der Waals surface area (Å²) in [5.41, 5.74) is 1.71. The average molecular weight is 388 g/mol. The number of hydrogen-bond donors (Lipinski definition) is 1. The van der Waals surface area contributed by atoms with Crippen LogP contribution in [0.5, 0.6) is 17.2 Å². The molecule has 146 valence electrons. The third-order valence-corrected chi connectivity index (χ3v) is 3.88. The van der Waals surface area contributed by atoms with Gasteiger partial charge in [0.15, 0.2) is 13.2 Å². The van der Waals surface area contributed by atoms with Crippen molar-refractivity contribution >= 4 is 11.6 Å². The summed E-state index contributed by atoms with van der Waals surface area (Å²) in [5.74, 6) is 1.59. The van der Waals surface area contributed by atoms with Gasteiger partial charge in [0.05, 0.1) is 0 Å². The van der Waals surface area contributed by atoms with E-state index in [1.165, 1.54) is 0 Å². The zero-order valence-corrected chi connectivity index (χ0v) is 15.7. The van der Waals surface area contributed by atoms with Crippen LogP contribution in [0.1, 0.15) is 5.56 Å². The van der Waals surface area contributed by atoms with Gasteiger partial charge in [-0.2, -0.15) is 5.26 Å². The van der Waals surface area contributed by atoms with Crippen LogP contribution < -0.4 is 19.5 Å². The van der Waals surface area contributed by atoms with Gasteiger partial charge in [-0.3, -0.25) is 4.79 Å². The Bertz CT molecular complexity index is 949. The van der Waals surface area contributed by atoms with Crippen LogP contribution in [0, 0.1) is 11.3 Å². The fourth-order valence-corrected chi connectivity index (χ4v) is 2.47. The van der Waals surface area contributed by atoms with Crippen molar-refractivity contribution in [1.82, 2.24) is 0 Å². The van der Waals surface area contributed by atoms with Crippen molar-refractivity contribution in [3.05, 3.63) is 84.4 Å². The van der Waals surface area contributed by atoms with Crippen LogP contribution in [0.3, 0.4) is 0 Å². The standard InChI is InChI=1S/C23H20N2O4/c24-14-15-27-20-8-6-19(7-9-20)25-23(26)17-29-22-12-10-21(11-13-22)28-16-18-4-2-1-3-5-18/h1-13H,15-17H2,(H,25,26). The Morgan fingerprint density at radius 2 is 1.38 bits per heavy atom. The number of carbonyl (C=O) groups excluding carboxylic acids is 1. The van der Waals surface area contributed by atoms with E-state index in [4.69, 9.17) is 19.5 Å². The lowest BCUT2D eigenvalue weighted by atomic mass is 10.2. The molecule has 1 amide bonds. The van der Waals surface area contributed by atoms with E-state index in [9.17, 15) is 4.79 Å². The molecule has 0 bridgehead atoms. The number of carbonyl (C=O) groups is 1. The Hall–Kier alpha value is -3.98. The molecule has 3 rings (SSSR count). The first kappa shape index (κ1) is 19.8. The molecule has 0 aliphatic carbocycles. The lowest BCUT2D eigenvalue weighted by Gasteiger charge is -2.10. The first-order valence-electron chi connectivity index (χ1n) is 9.02. The first-order valence-corrected chi connectivity index (χ1v) is 9.02. The van der Waals surface area contributed by atoms with Crippen LogP contribution >= 0.6 is 0 Å². The van der Waals surface area contributed by atoms with Gasteiger partial charge in [0.25, 0.3) is 5.91 Å². The van der Waals surface area contributed by atoms with Crippen molar-refractivity contribution in [2.45, 2.75) is 6.61 Å². The highest BCUT2D eigenvalue weighted by molar-refractivity contribution is 5.91. The van der Waals surface area contributed by atoms with Gasteiger partial charge in [-0.1, -0.05) is 30.3 Å². The van der Waals surface area contributed by atoms with Gasteiger partial charge in [-0.15, -0.1) is 0 Å². The number of nitrogens with zero attached hydrogens (tertiary/aromatic N) is 1. The number of nitriles is 1. The quantitative estimate of drug-likeness (QED) is 0.595. The van der Waals surface area contributed by atoms with Crippen molar-refractivity contribution in [2.75, 3.05) is 18.5 Å². The molecule has 0 saturated carbocycles. The minimum Gasteiger partial charge on any atom is -0.489 e. The van der Waals surface area contributed by atoms with Crippen LogP contribution in [0.2, 0.25) is 0 Å². The van der Waals surface area contributed by atoms with E-state index in [1.54, 1.807) is 48.5 Å². The number of anilines is 1. The minimum atomic E-state index is -0.278. The van der Waals surface area contributed by atoms with Gasteiger partial charge < -0.3 is 19.5 Å². The highest BCUT2D eigenvalue weighted by atomic mass is 16.5. The van der Waals surface area contributed by atoms with E-state index in [-0.39, 0.29) is 19.1 Å². The maximum absolute atomic E-state index is 12.0. The molecule has 0 atom stereocenters. The molecule has 0 heterocycles. The Morgan fingerprint density at radius 3 is 2.03 bits per heavy atom. The molecule has 1 N–H and O–H groups in total. The van der Waals surface area contributed by atoms with Crippen molar-refractivity contribution in [1.29, 1.82) is 5.26 Å². The molecule has 0 fully saturated rings. The molecule has 0 aliphatic heterocycles. The van der Waals surface area contributed by atoms with E-state index in [2.05, 4.69) is 5.32 Å². The molecule has 0 radical (unpaired) electrons. The molecule has 6 nitrogen and oxygen atoms in total. The van der Waals surface area contributed by atoms with Crippen molar-refractivity contribution < 1.29 is 19.0 Å². The third-order valence-electron chi connectivity index (χ3n) is 3.88. The first-order chi connectivity index (χ1) is 14.2. The molecule has 0 saturated heterocycles. The fourth-order valence-electron chi connectivity index (χ4n) is 2.47. The molecule has 0 aliphatic rings. The zero-order chi connectivity index (χ0) is 20.3. The van der Waals surface area contributed by atoms with Gasteiger partial charge in [0.1, 0.15) is 29.9 Å². The lowest BCUT2D eigenvalue weighted by Crippen LogP contribution is -2.20. The van der Waals surface area contributed by atoms with Crippen molar-refractivity contribution in [2.24, 2.45) is 0 Å². The van der Waals surface area contributed by atoms with Gasteiger partial charge in [0.2, 0.25) is 0 Å². The summed E-state index contributed by atoms with van der Waals surface area (Å²) >= 11 is 0.